The predicted octanol–water partition coefficient (Wildman–Crippen LogP) is 2.30. The van der Waals surface area contributed by atoms with Gasteiger partial charge in [-0.2, -0.15) is 0 Å². The van der Waals surface area contributed by atoms with Gasteiger partial charge in [-0.25, -0.2) is 4.39 Å². The van der Waals surface area contributed by atoms with Crippen molar-refractivity contribution in [2.45, 2.75) is 26.3 Å². The number of nitrogens with zero attached hydrogens (tertiary/aromatic N) is 2. The fourth-order valence-electron chi connectivity index (χ4n) is 2.49. The summed E-state index contributed by atoms with van der Waals surface area (Å²) in [4.78, 5) is 12.4. The third-order valence-corrected chi connectivity index (χ3v) is 3.79. The number of halogens is 1. The maximum atomic E-state index is 13.1. The summed E-state index contributed by atoms with van der Waals surface area (Å²) in [5.41, 5.74) is 6.21. The molecule has 1 aliphatic heterocycles. The minimum absolute atomic E-state index is 0.0725. The summed E-state index contributed by atoms with van der Waals surface area (Å²) in [5, 5.41) is 11.0. The molecule has 2 rings (SSSR count). The Hall–Kier alpha value is -1.69. The smallest absolute Gasteiger partial charge is 0.295 e. The number of benzene rings is 1. The topological polar surface area (TPSA) is 72.4 Å². The van der Waals surface area contributed by atoms with Crippen LogP contribution in [0.15, 0.2) is 18.2 Å². The molecule has 0 spiro atoms. The van der Waals surface area contributed by atoms with Crippen molar-refractivity contribution in [1.82, 2.24) is 0 Å². The maximum absolute atomic E-state index is 13.1. The van der Waals surface area contributed by atoms with Gasteiger partial charge in [-0.05, 0) is 24.0 Å². The second-order valence-corrected chi connectivity index (χ2v) is 5.70. The largest absolute Gasteiger partial charge is 0.365 e. The Kier molecular flexibility index (Phi) is 3.45. The average Bonchev–Trinajstić information content (AvgIpc) is 2.32. The normalized spacial score (nSPS) is 22.3. The van der Waals surface area contributed by atoms with Crippen LogP contribution in [0.2, 0.25) is 0 Å². The first-order valence-electron chi connectivity index (χ1n) is 6.26. The van der Waals surface area contributed by atoms with Crippen LogP contribution in [-0.4, -0.2) is 24.1 Å². The minimum Gasteiger partial charge on any atom is -0.365 e. The molecule has 104 valence electrons. The number of piperidine rings is 1. The predicted molar refractivity (Wildman–Crippen MR) is 71.6 cm³/mol. The van der Waals surface area contributed by atoms with E-state index in [1.165, 1.54) is 12.1 Å². The van der Waals surface area contributed by atoms with Crippen LogP contribution in [-0.2, 0) is 0 Å². The zero-order valence-electron chi connectivity index (χ0n) is 11.1. The van der Waals surface area contributed by atoms with Gasteiger partial charge in [0.2, 0.25) is 0 Å². The molecule has 1 atom stereocenters. The molecule has 0 amide bonds. The van der Waals surface area contributed by atoms with Gasteiger partial charge in [0.1, 0.15) is 11.5 Å². The highest BCUT2D eigenvalue weighted by atomic mass is 19.1. The summed E-state index contributed by atoms with van der Waals surface area (Å²) in [5.74, 6) is -0.594. The lowest BCUT2D eigenvalue weighted by atomic mass is 9.79. The monoisotopic (exact) mass is 267 g/mol. The zero-order valence-corrected chi connectivity index (χ0v) is 11.1. The molecule has 1 aromatic carbocycles. The van der Waals surface area contributed by atoms with Crippen LogP contribution < -0.4 is 10.6 Å². The van der Waals surface area contributed by atoms with E-state index < -0.39 is 10.7 Å². The van der Waals surface area contributed by atoms with Crippen LogP contribution in [0.5, 0.6) is 0 Å². The van der Waals surface area contributed by atoms with Crippen molar-refractivity contribution in [3.05, 3.63) is 34.1 Å². The van der Waals surface area contributed by atoms with Crippen LogP contribution >= 0.6 is 0 Å². The van der Waals surface area contributed by atoms with Crippen LogP contribution in [0.1, 0.15) is 20.3 Å². The van der Waals surface area contributed by atoms with E-state index in [-0.39, 0.29) is 17.1 Å². The first-order valence-corrected chi connectivity index (χ1v) is 6.26. The highest BCUT2D eigenvalue weighted by Gasteiger charge is 2.35. The van der Waals surface area contributed by atoms with Gasteiger partial charge in [-0.15, -0.1) is 0 Å². The molecule has 2 N–H and O–H groups in total. The lowest BCUT2D eigenvalue weighted by Gasteiger charge is -2.43. The van der Waals surface area contributed by atoms with Crippen LogP contribution in [0.4, 0.5) is 15.8 Å². The van der Waals surface area contributed by atoms with Crippen molar-refractivity contribution < 1.29 is 9.31 Å². The number of nitro groups is 1. The number of nitro benzene ring substituents is 1. The van der Waals surface area contributed by atoms with Crippen molar-refractivity contribution in [2.24, 2.45) is 11.1 Å². The molecule has 19 heavy (non-hydrogen) atoms. The van der Waals surface area contributed by atoms with E-state index in [1.807, 2.05) is 18.7 Å². The highest BCUT2D eigenvalue weighted by Crippen LogP contribution is 2.35. The van der Waals surface area contributed by atoms with Gasteiger partial charge in [-0.1, -0.05) is 13.8 Å². The lowest BCUT2D eigenvalue weighted by Crippen LogP contribution is -2.52. The fraction of sp³-hybridized carbons (Fsp3) is 0.538. The molecule has 1 aromatic rings. The Labute approximate surface area is 111 Å². The third kappa shape index (κ3) is 2.68. The summed E-state index contributed by atoms with van der Waals surface area (Å²) in [6.07, 6.45) is 0.765. The quantitative estimate of drug-likeness (QED) is 0.659. The maximum Gasteiger partial charge on any atom is 0.295 e. The Balaban J connectivity index is 2.35. The van der Waals surface area contributed by atoms with Crippen molar-refractivity contribution in [3.8, 4) is 0 Å². The summed E-state index contributed by atoms with van der Waals surface area (Å²) in [6.45, 7) is 5.36. The van der Waals surface area contributed by atoms with Gasteiger partial charge >= 0.3 is 0 Å². The standard InChI is InChI=1S/C13H18FN3O2/c1-13(2)8-16(6-5-12(13)15)10-4-3-9(14)7-11(10)17(18)19/h3-4,7,12H,5-6,8,15H2,1-2H3. The zero-order chi connectivity index (χ0) is 14.2. The fourth-order valence-corrected chi connectivity index (χ4v) is 2.49. The van der Waals surface area contributed by atoms with Gasteiger partial charge in [0, 0.05) is 19.1 Å². The molecule has 1 fully saturated rings. The molecule has 1 saturated heterocycles. The molecule has 1 unspecified atom stereocenters. The average molecular weight is 267 g/mol. The summed E-state index contributed by atoms with van der Waals surface area (Å²) >= 11 is 0. The number of hydrogen-bond donors (Lipinski definition) is 1. The lowest BCUT2D eigenvalue weighted by molar-refractivity contribution is -0.384. The van der Waals surface area contributed by atoms with Gasteiger partial charge in [0.05, 0.1) is 11.0 Å². The SMILES string of the molecule is CC1(C)CN(c2ccc(F)cc2[N+](=O)[O-])CCC1N. The van der Waals surface area contributed by atoms with E-state index in [2.05, 4.69) is 0 Å². The summed E-state index contributed by atoms with van der Waals surface area (Å²) < 4.78 is 13.1. The number of hydrogen-bond acceptors (Lipinski definition) is 4. The number of anilines is 1. The Morgan fingerprint density at radius 3 is 2.79 bits per heavy atom. The minimum atomic E-state index is -0.594. The van der Waals surface area contributed by atoms with E-state index >= 15 is 0 Å². The molecular formula is C13H18FN3O2. The van der Waals surface area contributed by atoms with Crippen molar-refractivity contribution >= 4 is 11.4 Å². The number of rotatable bonds is 2. The molecule has 1 heterocycles. The van der Waals surface area contributed by atoms with Crippen molar-refractivity contribution in [3.63, 3.8) is 0 Å². The molecule has 6 heteroatoms. The highest BCUT2D eigenvalue weighted by molar-refractivity contribution is 5.63. The number of nitrogens with two attached hydrogens (primary N) is 1. The van der Waals surface area contributed by atoms with E-state index in [1.54, 1.807) is 0 Å². The third-order valence-electron chi connectivity index (χ3n) is 3.79. The van der Waals surface area contributed by atoms with Crippen LogP contribution in [0.25, 0.3) is 0 Å². The second-order valence-electron chi connectivity index (χ2n) is 5.70. The van der Waals surface area contributed by atoms with E-state index in [4.69, 9.17) is 5.73 Å². The molecule has 1 aliphatic rings. The molecule has 0 aliphatic carbocycles. The molecule has 5 nitrogen and oxygen atoms in total. The molecule has 0 saturated carbocycles. The van der Waals surface area contributed by atoms with Crippen molar-refractivity contribution in [2.75, 3.05) is 18.0 Å². The second kappa shape index (κ2) is 4.77. The van der Waals surface area contributed by atoms with E-state index in [0.29, 0.717) is 18.8 Å². The Morgan fingerprint density at radius 2 is 2.21 bits per heavy atom. The first kappa shape index (κ1) is 13.7. The summed E-state index contributed by atoms with van der Waals surface area (Å²) in [7, 11) is 0. The van der Waals surface area contributed by atoms with Gasteiger partial charge < -0.3 is 10.6 Å². The van der Waals surface area contributed by atoms with Gasteiger partial charge in [-0.3, -0.25) is 10.1 Å². The van der Waals surface area contributed by atoms with Gasteiger partial charge in [0.15, 0.2) is 0 Å². The van der Waals surface area contributed by atoms with Crippen molar-refractivity contribution in [1.29, 1.82) is 0 Å². The molecule has 0 radical (unpaired) electrons. The molecule has 0 aromatic heterocycles. The van der Waals surface area contributed by atoms with Gasteiger partial charge in [0.25, 0.3) is 5.69 Å². The Morgan fingerprint density at radius 1 is 1.53 bits per heavy atom. The Bertz CT molecular complexity index is 505. The summed E-state index contributed by atoms with van der Waals surface area (Å²) in [6, 6.07) is 3.77. The van der Waals surface area contributed by atoms with E-state index in [9.17, 15) is 14.5 Å². The molecule has 0 bridgehead atoms. The van der Waals surface area contributed by atoms with Crippen LogP contribution in [0.3, 0.4) is 0 Å². The first-order chi connectivity index (χ1) is 8.81. The van der Waals surface area contributed by atoms with Crippen LogP contribution in [0, 0.1) is 21.3 Å². The van der Waals surface area contributed by atoms with E-state index in [0.717, 1.165) is 12.5 Å². The molecular weight excluding hydrogens is 249 g/mol.